The van der Waals surface area contributed by atoms with Crippen LogP contribution in [-0.4, -0.2) is 96.8 Å². The average molecular weight is 1010 g/mol. The Morgan fingerprint density at radius 2 is 0.487 bits per heavy atom. The van der Waals surface area contributed by atoms with Crippen LogP contribution in [0, 0.1) is 0 Å². The molecule has 2 aliphatic rings. The Morgan fingerprint density at radius 1 is 0.263 bits per heavy atom. The Hall–Kier alpha value is -9.96. The fourth-order valence-electron chi connectivity index (χ4n) is 11.7. The van der Waals surface area contributed by atoms with Gasteiger partial charge in [0, 0.05) is 43.1 Å². The third-order valence-electron chi connectivity index (χ3n) is 14.7. The van der Waals surface area contributed by atoms with Crippen LogP contribution in [0.2, 0.25) is 0 Å². The minimum atomic E-state index is 0.266. The lowest BCUT2D eigenvalue weighted by Gasteiger charge is -2.16. The second kappa shape index (κ2) is 16.8. The molecule has 0 aliphatic carbocycles. The van der Waals surface area contributed by atoms with E-state index in [1.807, 2.05) is 84.9 Å². The van der Waals surface area contributed by atoms with Crippen LogP contribution in [0.4, 0.5) is 0 Å². The molecule has 0 saturated heterocycles. The Bertz CT molecular complexity index is 4430. The van der Waals surface area contributed by atoms with E-state index in [2.05, 4.69) is 34.2 Å². The summed E-state index contributed by atoms with van der Waals surface area (Å²) in [6.45, 7) is 0. The molecule has 0 spiro atoms. The molecule has 0 saturated carbocycles. The minimum Gasteiger partial charge on any atom is -0.495 e. The maximum absolute atomic E-state index is 6.48. The van der Waals surface area contributed by atoms with Crippen molar-refractivity contribution in [2.24, 2.45) is 0 Å². The third kappa shape index (κ3) is 5.99. The molecule has 9 aromatic carbocycles. The molecule has 76 heavy (non-hydrogen) atoms. The van der Waals surface area contributed by atoms with E-state index < -0.39 is 0 Å². The zero-order valence-corrected chi connectivity index (χ0v) is 42.3. The highest BCUT2D eigenvalue weighted by molar-refractivity contribution is 6.23. The molecular weight excluding hydrogens is 961 g/mol. The van der Waals surface area contributed by atoms with E-state index in [9.17, 15) is 0 Å². The summed E-state index contributed by atoms with van der Waals surface area (Å²) in [4.78, 5) is 39.9. The molecule has 0 radical (unpaired) electrons. The molecule has 0 atom stereocenters. The lowest BCUT2D eigenvalue weighted by molar-refractivity contribution is 0.413. The number of rotatable bonds is 8. The van der Waals surface area contributed by atoms with Gasteiger partial charge in [0.15, 0.2) is 23.3 Å². The van der Waals surface area contributed by atoms with Crippen LogP contribution in [0.15, 0.2) is 109 Å². The zero-order chi connectivity index (χ0) is 51.7. The quantitative estimate of drug-likeness (QED) is 0.137. The number of hydrogen-bond donors (Lipinski definition) is 2. The van der Waals surface area contributed by atoms with E-state index in [4.69, 9.17) is 67.8 Å². The summed E-state index contributed by atoms with van der Waals surface area (Å²) in [5.74, 6) is 5.26. The first kappa shape index (κ1) is 44.7. The predicted molar refractivity (Wildman–Crippen MR) is 296 cm³/mol. The highest BCUT2D eigenvalue weighted by Crippen LogP contribution is 2.56. The number of H-pyrrole nitrogens is 2. The maximum atomic E-state index is 6.48. The highest BCUT2D eigenvalue weighted by atomic mass is 16.5. The normalized spacial score (nSPS) is 11.9. The number of aromatic nitrogens is 8. The summed E-state index contributed by atoms with van der Waals surface area (Å²) < 4.78 is 51.2. The molecule has 0 unspecified atom stereocenters. The molecule has 16 heteroatoms. The van der Waals surface area contributed by atoms with Crippen molar-refractivity contribution in [2.45, 2.75) is 0 Å². The lowest BCUT2D eigenvalue weighted by atomic mass is 9.95. The topological polar surface area (TPSA) is 183 Å². The number of benzene rings is 9. The van der Waals surface area contributed by atoms with Crippen molar-refractivity contribution < 1.29 is 37.9 Å². The van der Waals surface area contributed by atoms with Crippen molar-refractivity contribution in [2.75, 3.05) is 56.9 Å². The molecule has 372 valence electrons. The highest BCUT2D eigenvalue weighted by Gasteiger charge is 2.35. The van der Waals surface area contributed by atoms with Gasteiger partial charge in [0.25, 0.3) is 0 Å². The smallest absolute Gasteiger partial charge is 0.168 e. The van der Waals surface area contributed by atoms with Gasteiger partial charge in [0.05, 0.1) is 101 Å². The molecule has 8 bridgehead atoms. The van der Waals surface area contributed by atoms with Crippen molar-refractivity contribution >= 4 is 98.0 Å². The van der Waals surface area contributed by atoms with Gasteiger partial charge in [-0.2, -0.15) is 0 Å². The van der Waals surface area contributed by atoms with Gasteiger partial charge in [-0.05, 0) is 22.9 Å². The van der Waals surface area contributed by atoms with E-state index in [1.165, 1.54) is 0 Å². The molecule has 5 heterocycles. The van der Waals surface area contributed by atoms with Crippen LogP contribution in [0.25, 0.3) is 144 Å². The van der Waals surface area contributed by atoms with Gasteiger partial charge >= 0.3 is 0 Å². The molecular formula is C60H44N8O8. The molecule has 14 rings (SSSR count). The zero-order valence-electron chi connectivity index (χ0n) is 42.3. The standard InChI is InChI=1S/C60H44N8O8/c1-69-45-29-19-11-12-20-30(29)46(70-2)38-37(45)53-61-54(38)63-56-40-42(50(74-6)34-24-16-14-22-32(34)48(40)72-4)58(65-56)67-60-44-43(51(75-7)35-25-27-17-9-10-18-28(27)26-36(35)52(44)76-8)59(68-60)66-57-41-39(55(62-53)64-57)47(71-3)31-21-13-15-23-33(31)49(41)73-5/h9-26H,1-8H3,(H2,61,62,63,64,65,66,67,68). The summed E-state index contributed by atoms with van der Waals surface area (Å²) >= 11 is 0. The number of ether oxygens (including phenoxy) is 8. The van der Waals surface area contributed by atoms with Gasteiger partial charge in [0.2, 0.25) is 0 Å². The second-order valence-electron chi connectivity index (χ2n) is 18.3. The molecule has 12 aromatic rings. The lowest BCUT2D eigenvalue weighted by Crippen LogP contribution is -1.97. The van der Waals surface area contributed by atoms with Crippen molar-refractivity contribution in [3.05, 3.63) is 109 Å². The number of nitrogens with zero attached hydrogens (tertiary/aromatic N) is 6. The maximum Gasteiger partial charge on any atom is 0.168 e. The van der Waals surface area contributed by atoms with Gasteiger partial charge < -0.3 is 47.9 Å². The van der Waals surface area contributed by atoms with Crippen LogP contribution in [0.1, 0.15) is 0 Å². The third-order valence-corrected chi connectivity index (χ3v) is 14.7. The van der Waals surface area contributed by atoms with E-state index in [0.29, 0.717) is 112 Å². The van der Waals surface area contributed by atoms with E-state index in [0.717, 1.165) is 53.9 Å². The number of methoxy groups -OCH3 is 8. The summed E-state index contributed by atoms with van der Waals surface area (Å²) in [7, 11) is 13.1. The molecule has 3 aromatic heterocycles. The Kier molecular flexibility index (Phi) is 9.88. The Labute approximate surface area is 431 Å². The predicted octanol–water partition coefficient (Wildman–Crippen LogP) is 12.7. The Morgan fingerprint density at radius 3 is 0.737 bits per heavy atom. The molecule has 2 aliphatic heterocycles. The molecule has 0 fully saturated rings. The average Bonchev–Trinajstić information content (AvgIpc) is 4.29. The van der Waals surface area contributed by atoms with Crippen molar-refractivity contribution in [3.8, 4) is 91.5 Å². The van der Waals surface area contributed by atoms with Crippen LogP contribution < -0.4 is 37.9 Å². The van der Waals surface area contributed by atoms with Crippen LogP contribution in [0.5, 0.6) is 46.0 Å². The van der Waals surface area contributed by atoms with Gasteiger partial charge in [-0.3, -0.25) is 0 Å². The molecule has 2 N–H and O–H groups in total. The molecule has 0 amide bonds. The van der Waals surface area contributed by atoms with Gasteiger partial charge in [-0.1, -0.05) is 97.1 Å². The molecule has 16 nitrogen and oxygen atoms in total. The number of fused-ring (bicyclic) bond motifs is 25. The van der Waals surface area contributed by atoms with Crippen molar-refractivity contribution in [1.82, 2.24) is 39.9 Å². The van der Waals surface area contributed by atoms with Crippen LogP contribution >= 0.6 is 0 Å². The summed E-state index contributed by atoms with van der Waals surface area (Å²) in [6.07, 6.45) is 0. The largest absolute Gasteiger partial charge is 0.495 e. The van der Waals surface area contributed by atoms with E-state index in [-0.39, 0.29) is 23.3 Å². The number of nitrogens with one attached hydrogen (secondary N) is 2. The summed E-state index contributed by atoms with van der Waals surface area (Å²) in [5.41, 5.74) is 3.62. The van der Waals surface area contributed by atoms with Crippen molar-refractivity contribution in [1.29, 1.82) is 0 Å². The first-order valence-electron chi connectivity index (χ1n) is 24.3. The van der Waals surface area contributed by atoms with E-state index in [1.54, 1.807) is 56.9 Å². The SMILES string of the molecule is COc1c2c(c(OC)c3ccccc13)-c1nc-2nc2[nH]c(nc3nc(nc4[nH]c(n1)c1c(OC)c5ccccc5c(OC)c41)-c1c-3c(OC)c3cc4ccccc4cc3c1OC)c1c(OC)c3ccccc3c(OC)c21. The van der Waals surface area contributed by atoms with Gasteiger partial charge in [-0.25, -0.2) is 29.9 Å². The fourth-order valence-corrected chi connectivity index (χ4v) is 11.7. The summed E-state index contributed by atoms with van der Waals surface area (Å²) in [5, 5.41) is 10.6. The minimum absolute atomic E-state index is 0.266. The second-order valence-corrected chi connectivity index (χ2v) is 18.3. The van der Waals surface area contributed by atoms with Crippen molar-refractivity contribution in [3.63, 3.8) is 0 Å². The number of hydrogen-bond acceptors (Lipinski definition) is 14. The van der Waals surface area contributed by atoms with Crippen LogP contribution in [-0.2, 0) is 0 Å². The van der Waals surface area contributed by atoms with Gasteiger partial charge in [0.1, 0.15) is 68.6 Å². The first-order valence-corrected chi connectivity index (χ1v) is 24.3. The number of aromatic amines is 2. The summed E-state index contributed by atoms with van der Waals surface area (Å²) in [6, 6.07) is 36.0. The monoisotopic (exact) mass is 1000 g/mol. The fraction of sp³-hybridized carbons (Fsp3) is 0.133. The Balaban J connectivity index is 1.28. The van der Waals surface area contributed by atoms with Crippen LogP contribution in [0.3, 0.4) is 0 Å². The first-order chi connectivity index (χ1) is 37.4. The van der Waals surface area contributed by atoms with E-state index >= 15 is 0 Å². The van der Waals surface area contributed by atoms with Gasteiger partial charge in [-0.15, -0.1) is 0 Å².